The van der Waals surface area contributed by atoms with Crippen LogP contribution in [0.3, 0.4) is 0 Å². The van der Waals surface area contributed by atoms with Crippen LogP contribution in [0.15, 0.2) is 48.5 Å². The number of halogens is 4. The van der Waals surface area contributed by atoms with Gasteiger partial charge in [0.25, 0.3) is 0 Å². The van der Waals surface area contributed by atoms with Crippen LogP contribution < -0.4 is 9.62 Å². The molecule has 12 heteroatoms. The SMILES string of the molecule is CC(C(=O)NC1CCCC1)N(CCc1ccccc1)C(=O)CN(c1ccc(Cl)c(C(F)(F)F)c1)S(C)(=O)=O. The van der Waals surface area contributed by atoms with Crippen molar-refractivity contribution in [3.8, 4) is 0 Å². The van der Waals surface area contributed by atoms with E-state index in [4.69, 9.17) is 11.6 Å². The number of benzene rings is 2. The van der Waals surface area contributed by atoms with Gasteiger partial charge in [0.05, 0.1) is 22.5 Å². The molecule has 1 N–H and O–H groups in total. The van der Waals surface area contributed by atoms with Crippen LogP contribution in [0.25, 0.3) is 0 Å². The fourth-order valence-electron chi connectivity index (χ4n) is 4.46. The maximum Gasteiger partial charge on any atom is 0.417 e. The lowest BCUT2D eigenvalue weighted by Crippen LogP contribution is -2.53. The van der Waals surface area contributed by atoms with Gasteiger partial charge in [0.1, 0.15) is 12.6 Å². The average molecular weight is 574 g/mol. The van der Waals surface area contributed by atoms with Crippen LogP contribution in [0.2, 0.25) is 5.02 Å². The molecule has 38 heavy (non-hydrogen) atoms. The van der Waals surface area contributed by atoms with Gasteiger partial charge in [-0.05, 0) is 49.9 Å². The van der Waals surface area contributed by atoms with Gasteiger partial charge in [-0.1, -0.05) is 54.8 Å². The molecule has 1 saturated carbocycles. The molecule has 0 spiro atoms. The van der Waals surface area contributed by atoms with Crippen molar-refractivity contribution < 1.29 is 31.2 Å². The number of carbonyl (C=O) groups is 2. The molecule has 1 aliphatic rings. The summed E-state index contributed by atoms with van der Waals surface area (Å²) in [7, 11) is -4.18. The summed E-state index contributed by atoms with van der Waals surface area (Å²) < 4.78 is 66.1. The van der Waals surface area contributed by atoms with Crippen LogP contribution in [0.4, 0.5) is 18.9 Å². The number of hydrogen-bond donors (Lipinski definition) is 1. The van der Waals surface area contributed by atoms with Gasteiger partial charge in [0.15, 0.2) is 0 Å². The normalized spacial score (nSPS) is 15.2. The van der Waals surface area contributed by atoms with Crippen LogP contribution in [-0.4, -0.2) is 56.6 Å². The van der Waals surface area contributed by atoms with Gasteiger partial charge in [0.2, 0.25) is 21.8 Å². The molecule has 0 aromatic heterocycles. The van der Waals surface area contributed by atoms with Gasteiger partial charge in [-0.2, -0.15) is 13.2 Å². The van der Waals surface area contributed by atoms with Gasteiger partial charge in [0, 0.05) is 12.6 Å². The van der Waals surface area contributed by atoms with Crippen molar-refractivity contribution in [3.05, 3.63) is 64.7 Å². The Kier molecular flexibility index (Phi) is 9.69. The first kappa shape index (κ1) is 29.8. The lowest BCUT2D eigenvalue weighted by molar-refractivity contribution is -0.139. The molecule has 0 saturated heterocycles. The first-order valence-electron chi connectivity index (χ1n) is 12.3. The van der Waals surface area contributed by atoms with Gasteiger partial charge < -0.3 is 10.2 Å². The number of amides is 2. The van der Waals surface area contributed by atoms with Crippen molar-refractivity contribution >= 4 is 39.1 Å². The van der Waals surface area contributed by atoms with Crippen LogP contribution in [0.1, 0.15) is 43.7 Å². The summed E-state index contributed by atoms with van der Waals surface area (Å²) in [6, 6.07) is 11.0. The topological polar surface area (TPSA) is 86.8 Å². The monoisotopic (exact) mass is 573 g/mol. The fourth-order valence-corrected chi connectivity index (χ4v) is 5.53. The first-order chi connectivity index (χ1) is 17.8. The zero-order valence-corrected chi connectivity index (χ0v) is 22.7. The number of sulfonamides is 1. The number of carbonyl (C=O) groups excluding carboxylic acids is 2. The average Bonchev–Trinajstić information content (AvgIpc) is 3.35. The molecule has 2 amide bonds. The van der Waals surface area contributed by atoms with E-state index < -0.39 is 45.3 Å². The predicted octanol–water partition coefficient (Wildman–Crippen LogP) is 4.64. The van der Waals surface area contributed by atoms with E-state index in [-0.39, 0.29) is 24.2 Å². The van der Waals surface area contributed by atoms with Crippen LogP contribution >= 0.6 is 11.6 Å². The van der Waals surface area contributed by atoms with E-state index in [2.05, 4.69) is 5.32 Å². The molecule has 2 aromatic carbocycles. The van der Waals surface area contributed by atoms with Crippen molar-refractivity contribution in [2.45, 2.75) is 57.3 Å². The number of nitrogens with one attached hydrogen (secondary N) is 1. The summed E-state index contributed by atoms with van der Waals surface area (Å²) in [5.41, 5.74) is -0.673. The van der Waals surface area contributed by atoms with E-state index in [0.29, 0.717) is 16.8 Å². The Hall–Kier alpha value is -2.79. The first-order valence-corrected chi connectivity index (χ1v) is 14.5. The Labute approximate surface area is 226 Å². The van der Waals surface area contributed by atoms with Crippen molar-refractivity contribution in [3.63, 3.8) is 0 Å². The highest BCUT2D eigenvalue weighted by Gasteiger charge is 2.35. The zero-order valence-electron chi connectivity index (χ0n) is 21.2. The maximum atomic E-state index is 13.5. The second-order valence-electron chi connectivity index (χ2n) is 9.42. The molecule has 3 rings (SSSR count). The Bertz CT molecular complexity index is 1240. The molecule has 2 aromatic rings. The molecule has 0 aliphatic heterocycles. The molecular weight excluding hydrogens is 543 g/mol. The van der Waals surface area contributed by atoms with Crippen molar-refractivity contribution in [1.82, 2.24) is 10.2 Å². The molecule has 208 valence electrons. The van der Waals surface area contributed by atoms with Crippen molar-refractivity contribution in [2.75, 3.05) is 23.7 Å². The highest BCUT2D eigenvalue weighted by Crippen LogP contribution is 2.37. The number of nitrogens with zero attached hydrogens (tertiary/aromatic N) is 2. The van der Waals surface area contributed by atoms with Crippen LogP contribution in [0.5, 0.6) is 0 Å². The van der Waals surface area contributed by atoms with Gasteiger partial charge in [-0.15, -0.1) is 0 Å². The fraction of sp³-hybridized carbons (Fsp3) is 0.462. The molecule has 7 nitrogen and oxygen atoms in total. The number of anilines is 1. The van der Waals surface area contributed by atoms with Gasteiger partial charge in [-0.3, -0.25) is 13.9 Å². The van der Waals surface area contributed by atoms with Crippen molar-refractivity contribution in [1.29, 1.82) is 0 Å². The Balaban J connectivity index is 1.89. The van der Waals surface area contributed by atoms with Gasteiger partial charge in [-0.25, -0.2) is 8.42 Å². The van der Waals surface area contributed by atoms with E-state index in [1.165, 1.54) is 4.90 Å². The highest BCUT2D eigenvalue weighted by atomic mass is 35.5. The molecule has 1 atom stereocenters. The summed E-state index contributed by atoms with van der Waals surface area (Å²) in [4.78, 5) is 27.8. The lowest BCUT2D eigenvalue weighted by Gasteiger charge is -2.32. The van der Waals surface area contributed by atoms with Crippen LogP contribution in [0, 0.1) is 0 Å². The number of alkyl halides is 3. The third kappa shape index (κ3) is 7.86. The maximum absolute atomic E-state index is 13.5. The molecule has 0 heterocycles. The molecule has 1 aliphatic carbocycles. The molecule has 0 radical (unpaired) electrons. The molecule has 0 bridgehead atoms. The van der Waals surface area contributed by atoms with E-state index in [0.717, 1.165) is 49.6 Å². The van der Waals surface area contributed by atoms with Crippen LogP contribution in [-0.2, 0) is 32.2 Å². The summed E-state index contributed by atoms with van der Waals surface area (Å²) in [6.07, 6.45) is 0.0561. The Morgan fingerprint density at radius 3 is 2.32 bits per heavy atom. The quantitative estimate of drug-likeness (QED) is 0.448. The Morgan fingerprint density at radius 1 is 1.11 bits per heavy atom. The van der Waals surface area contributed by atoms with Gasteiger partial charge >= 0.3 is 6.18 Å². The van der Waals surface area contributed by atoms with E-state index in [1.807, 2.05) is 30.3 Å². The minimum Gasteiger partial charge on any atom is -0.352 e. The van der Waals surface area contributed by atoms with E-state index in [9.17, 15) is 31.2 Å². The third-order valence-electron chi connectivity index (χ3n) is 6.58. The molecule has 1 unspecified atom stereocenters. The minimum absolute atomic E-state index is 0.0124. The molecule has 1 fully saturated rings. The summed E-state index contributed by atoms with van der Waals surface area (Å²) in [6.45, 7) is 0.879. The zero-order chi connectivity index (χ0) is 28.1. The lowest BCUT2D eigenvalue weighted by atomic mass is 10.1. The Morgan fingerprint density at radius 2 is 1.74 bits per heavy atom. The summed E-state index contributed by atoms with van der Waals surface area (Å²) >= 11 is 5.69. The smallest absolute Gasteiger partial charge is 0.352 e. The second-order valence-corrected chi connectivity index (χ2v) is 11.7. The second kappa shape index (κ2) is 12.4. The highest BCUT2D eigenvalue weighted by molar-refractivity contribution is 7.92. The number of hydrogen-bond acceptors (Lipinski definition) is 4. The standard InChI is InChI=1S/C26H31ClF3N3O4S/c1-18(25(35)31-20-10-6-7-11-20)32(15-14-19-8-4-3-5-9-19)24(34)17-33(38(2,36)37)21-12-13-23(27)22(16-21)26(28,29)30/h3-5,8-9,12-13,16,18,20H,6-7,10-11,14-15,17H2,1-2H3,(H,31,35). The molecular formula is C26H31ClF3N3O4S. The third-order valence-corrected chi connectivity index (χ3v) is 8.05. The predicted molar refractivity (Wildman–Crippen MR) is 140 cm³/mol. The largest absolute Gasteiger partial charge is 0.417 e. The summed E-state index contributed by atoms with van der Waals surface area (Å²) in [5.74, 6) is -1.08. The number of rotatable bonds is 10. The van der Waals surface area contributed by atoms with Crippen molar-refractivity contribution in [2.24, 2.45) is 0 Å². The minimum atomic E-state index is -4.82. The summed E-state index contributed by atoms with van der Waals surface area (Å²) in [5, 5.41) is 2.36. The van der Waals surface area contributed by atoms with E-state index in [1.54, 1.807) is 6.92 Å². The van der Waals surface area contributed by atoms with E-state index >= 15 is 0 Å².